The molecule has 0 N–H and O–H groups in total. The van der Waals surface area contributed by atoms with Crippen LogP contribution in [-0.4, -0.2) is 24.2 Å². The lowest BCUT2D eigenvalue weighted by Gasteiger charge is -2.08. The molecule has 1 aromatic heterocycles. The van der Waals surface area contributed by atoms with Crippen molar-refractivity contribution >= 4 is 12.0 Å². The first-order valence-electron chi connectivity index (χ1n) is 7.87. The van der Waals surface area contributed by atoms with Gasteiger partial charge in [0, 0.05) is 12.3 Å². The molecule has 24 heavy (non-hydrogen) atoms. The Morgan fingerprint density at radius 3 is 2.42 bits per heavy atom. The van der Waals surface area contributed by atoms with Gasteiger partial charge in [0.15, 0.2) is 0 Å². The van der Waals surface area contributed by atoms with E-state index in [4.69, 9.17) is 14.2 Å². The van der Waals surface area contributed by atoms with Crippen molar-refractivity contribution < 1.29 is 19.0 Å². The van der Waals surface area contributed by atoms with Gasteiger partial charge in [0.05, 0.1) is 13.2 Å². The van der Waals surface area contributed by atoms with Gasteiger partial charge in [0.25, 0.3) is 0 Å². The molecule has 0 spiro atoms. The van der Waals surface area contributed by atoms with Gasteiger partial charge in [-0.2, -0.15) is 0 Å². The SMILES string of the molecule is CCOC(=O)/C(=C/c1ccc(OCc2ccccc2)nc1)OCC. The number of pyridine rings is 1. The maximum absolute atomic E-state index is 11.8. The number of benzene rings is 1. The summed E-state index contributed by atoms with van der Waals surface area (Å²) < 4.78 is 15.9. The third kappa shape index (κ3) is 5.43. The number of aromatic nitrogens is 1. The highest BCUT2D eigenvalue weighted by molar-refractivity contribution is 5.91. The lowest BCUT2D eigenvalue weighted by molar-refractivity contribution is -0.142. The number of ether oxygens (including phenoxy) is 3. The van der Waals surface area contributed by atoms with E-state index in [2.05, 4.69) is 4.98 Å². The highest BCUT2D eigenvalue weighted by Gasteiger charge is 2.11. The van der Waals surface area contributed by atoms with Crippen molar-refractivity contribution in [2.75, 3.05) is 13.2 Å². The molecule has 5 nitrogen and oxygen atoms in total. The average molecular weight is 327 g/mol. The first-order valence-corrected chi connectivity index (χ1v) is 7.87. The van der Waals surface area contributed by atoms with Crippen molar-refractivity contribution in [2.45, 2.75) is 20.5 Å². The molecule has 1 heterocycles. The molecular formula is C19H21NO4. The average Bonchev–Trinajstić information content (AvgIpc) is 2.62. The summed E-state index contributed by atoms with van der Waals surface area (Å²) in [5.41, 5.74) is 1.81. The van der Waals surface area contributed by atoms with Crippen molar-refractivity contribution in [1.29, 1.82) is 0 Å². The topological polar surface area (TPSA) is 57.7 Å². The van der Waals surface area contributed by atoms with Crippen LogP contribution in [0.5, 0.6) is 5.88 Å². The summed E-state index contributed by atoms with van der Waals surface area (Å²) in [6, 6.07) is 13.4. The van der Waals surface area contributed by atoms with Gasteiger partial charge in [-0.15, -0.1) is 0 Å². The Kier molecular flexibility index (Phi) is 6.83. The van der Waals surface area contributed by atoms with E-state index in [9.17, 15) is 4.79 Å². The minimum Gasteiger partial charge on any atom is -0.487 e. The van der Waals surface area contributed by atoms with Crippen molar-refractivity contribution in [3.8, 4) is 5.88 Å². The highest BCUT2D eigenvalue weighted by Crippen LogP contribution is 2.14. The van der Waals surface area contributed by atoms with Crippen molar-refractivity contribution in [3.05, 3.63) is 65.5 Å². The molecule has 2 aromatic rings. The van der Waals surface area contributed by atoms with Crippen LogP contribution < -0.4 is 4.74 Å². The second kappa shape index (κ2) is 9.35. The maximum atomic E-state index is 11.8. The monoisotopic (exact) mass is 327 g/mol. The first-order chi connectivity index (χ1) is 11.7. The third-order valence-corrected chi connectivity index (χ3v) is 3.06. The molecule has 5 heteroatoms. The number of nitrogens with zero attached hydrogens (tertiary/aromatic N) is 1. The lowest BCUT2D eigenvalue weighted by Crippen LogP contribution is -2.10. The maximum Gasteiger partial charge on any atom is 0.373 e. The lowest BCUT2D eigenvalue weighted by atomic mass is 10.2. The van der Waals surface area contributed by atoms with E-state index in [0.29, 0.717) is 25.7 Å². The Labute approximate surface area is 141 Å². The number of esters is 1. The Morgan fingerprint density at radius 1 is 1.04 bits per heavy atom. The number of hydrogen-bond acceptors (Lipinski definition) is 5. The fraction of sp³-hybridized carbons (Fsp3) is 0.263. The van der Waals surface area contributed by atoms with Gasteiger partial charge >= 0.3 is 5.97 Å². The molecule has 0 aliphatic carbocycles. The van der Waals surface area contributed by atoms with Gasteiger partial charge in [-0.25, -0.2) is 9.78 Å². The summed E-state index contributed by atoms with van der Waals surface area (Å²) in [5, 5.41) is 0. The zero-order valence-corrected chi connectivity index (χ0v) is 13.9. The largest absolute Gasteiger partial charge is 0.487 e. The molecule has 0 radical (unpaired) electrons. The predicted molar refractivity (Wildman–Crippen MR) is 91.2 cm³/mol. The summed E-state index contributed by atoms with van der Waals surface area (Å²) in [4.78, 5) is 16.0. The van der Waals surface area contributed by atoms with E-state index in [-0.39, 0.29) is 5.76 Å². The molecule has 0 atom stereocenters. The third-order valence-electron chi connectivity index (χ3n) is 3.06. The van der Waals surface area contributed by atoms with E-state index >= 15 is 0 Å². The Hall–Kier alpha value is -2.82. The fourth-order valence-corrected chi connectivity index (χ4v) is 1.96. The van der Waals surface area contributed by atoms with Crippen molar-refractivity contribution in [2.24, 2.45) is 0 Å². The summed E-state index contributed by atoms with van der Waals surface area (Å²) in [6.45, 7) is 4.70. The number of carbonyl (C=O) groups is 1. The Balaban J connectivity index is 2.01. The van der Waals surface area contributed by atoms with Crippen LogP contribution >= 0.6 is 0 Å². The Bertz CT molecular complexity index is 666. The van der Waals surface area contributed by atoms with Crippen molar-refractivity contribution in [1.82, 2.24) is 4.98 Å². The van der Waals surface area contributed by atoms with Gasteiger partial charge in [-0.05, 0) is 37.1 Å². The molecular weight excluding hydrogens is 306 g/mol. The first kappa shape index (κ1) is 17.5. The molecule has 2 rings (SSSR count). The second-order valence-electron chi connectivity index (χ2n) is 4.87. The number of hydrogen-bond donors (Lipinski definition) is 0. The smallest absolute Gasteiger partial charge is 0.373 e. The molecule has 1 aromatic carbocycles. The molecule has 126 valence electrons. The van der Waals surface area contributed by atoms with Crippen LogP contribution in [0.2, 0.25) is 0 Å². The minimum atomic E-state index is -0.483. The van der Waals surface area contributed by atoms with Crippen LogP contribution in [0, 0.1) is 0 Å². The highest BCUT2D eigenvalue weighted by atomic mass is 16.6. The fourth-order valence-electron chi connectivity index (χ4n) is 1.96. The second-order valence-corrected chi connectivity index (χ2v) is 4.87. The zero-order valence-electron chi connectivity index (χ0n) is 13.9. The Morgan fingerprint density at radius 2 is 1.79 bits per heavy atom. The van der Waals surface area contributed by atoms with Crippen LogP contribution in [0.15, 0.2) is 54.4 Å². The van der Waals surface area contributed by atoms with E-state index in [1.165, 1.54) is 0 Å². The predicted octanol–water partition coefficient (Wildman–Crippen LogP) is 3.60. The van der Waals surface area contributed by atoms with Crippen LogP contribution in [0.4, 0.5) is 0 Å². The quantitative estimate of drug-likeness (QED) is 0.421. The molecule has 0 aliphatic rings. The van der Waals surface area contributed by atoms with E-state index in [1.54, 1.807) is 25.3 Å². The van der Waals surface area contributed by atoms with Gasteiger partial charge in [0.1, 0.15) is 6.61 Å². The van der Waals surface area contributed by atoms with Crippen LogP contribution in [0.25, 0.3) is 6.08 Å². The molecule has 0 saturated carbocycles. The minimum absolute atomic E-state index is 0.166. The summed E-state index contributed by atoms with van der Waals surface area (Å²) in [5.74, 6) is 0.202. The van der Waals surface area contributed by atoms with E-state index in [0.717, 1.165) is 11.1 Å². The number of carbonyl (C=O) groups excluding carboxylic acids is 1. The van der Waals surface area contributed by atoms with Crippen molar-refractivity contribution in [3.63, 3.8) is 0 Å². The van der Waals surface area contributed by atoms with Gasteiger partial charge < -0.3 is 14.2 Å². The van der Waals surface area contributed by atoms with Crippen LogP contribution in [0.3, 0.4) is 0 Å². The summed E-state index contributed by atoms with van der Waals surface area (Å²) in [7, 11) is 0. The van der Waals surface area contributed by atoms with Gasteiger partial charge in [-0.1, -0.05) is 30.3 Å². The molecule has 0 amide bonds. The van der Waals surface area contributed by atoms with E-state index < -0.39 is 5.97 Å². The van der Waals surface area contributed by atoms with Crippen LogP contribution in [0.1, 0.15) is 25.0 Å². The number of rotatable bonds is 8. The zero-order chi connectivity index (χ0) is 17.2. The molecule has 0 bridgehead atoms. The summed E-state index contributed by atoms with van der Waals surface area (Å²) in [6.07, 6.45) is 3.23. The van der Waals surface area contributed by atoms with Gasteiger partial charge in [0.2, 0.25) is 11.6 Å². The summed E-state index contributed by atoms with van der Waals surface area (Å²) >= 11 is 0. The van der Waals surface area contributed by atoms with Gasteiger partial charge in [-0.3, -0.25) is 0 Å². The normalized spacial score (nSPS) is 11.0. The van der Waals surface area contributed by atoms with Crippen LogP contribution in [-0.2, 0) is 20.9 Å². The molecule has 0 fully saturated rings. The molecule has 0 unspecified atom stereocenters. The molecule has 0 aliphatic heterocycles. The molecule has 0 saturated heterocycles. The van der Waals surface area contributed by atoms with E-state index in [1.807, 2.05) is 43.3 Å². The standard InChI is InChI=1S/C19H21NO4/c1-3-22-17(19(21)23-4-2)12-16-10-11-18(20-13-16)24-14-15-8-6-5-7-9-15/h5-13H,3-4,14H2,1-2H3/b17-12-.